The van der Waals surface area contributed by atoms with Gasteiger partial charge in [-0.15, -0.1) is 0 Å². The van der Waals surface area contributed by atoms with Crippen LogP contribution in [-0.4, -0.2) is 32.9 Å². The Balaban J connectivity index is 1.76. The quantitative estimate of drug-likeness (QED) is 0.931. The van der Waals surface area contributed by atoms with Gasteiger partial charge in [-0.25, -0.2) is 15.0 Å². The van der Waals surface area contributed by atoms with Crippen LogP contribution in [0.2, 0.25) is 0 Å². The third-order valence-electron chi connectivity index (χ3n) is 3.96. The van der Waals surface area contributed by atoms with Gasteiger partial charge in [-0.1, -0.05) is 26.8 Å². The zero-order chi connectivity index (χ0) is 16.3. The molecular formula is C18H25N5. The summed E-state index contributed by atoms with van der Waals surface area (Å²) in [5.74, 6) is 1.38. The van der Waals surface area contributed by atoms with Crippen molar-refractivity contribution in [1.29, 1.82) is 0 Å². The first kappa shape index (κ1) is 15.9. The topological polar surface area (TPSA) is 53.9 Å². The maximum absolute atomic E-state index is 4.80. The average Bonchev–Trinajstić information content (AvgIpc) is 2.94. The van der Waals surface area contributed by atoms with E-state index in [0.717, 1.165) is 24.6 Å². The van der Waals surface area contributed by atoms with Crippen molar-refractivity contribution in [1.82, 2.24) is 19.9 Å². The van der Waals surface area contributed by atoms with Crippen LogP contribution in [0.1, 0.15) is 45.3 Å². The molecule has 0 bridgehead atoms. The number of anilines is 2. The van der Waals surface area contributed by atoms with Crippen LogP contribution in [0.3, 0.4) is 0 Å². The Morgan fingerprint density at radius 1 is 1.17 bits per heavy atom. The van der Waals surface area contributed by atoms with Gasteiger partial charge >= 0.3 is 0 Å². The highest BCUT2D eigenvalue weighted by Gasteiger charge is 2.30. The first-order valence-corrected chi connectivity index (χ1v) is 8.26. The molecule has 1 aliphatic rings. The number of likely N-dealkylation sites (tertiary alicyclic amines) is 1. The molecule has 3 rings (SSSR count). The lowest BCUT2D eigenvalue weighted by Crippen LogP contribution is -2.32. The molecule has 23 heavy (non-hydrogen) atoms. The summed E-state index contributed by atoms with van der Waals surface area (Å²) in [6, 6.07) is 8.36. The van der Waals surface area contributed by atoms with Gasteiger partial charge in [0.05, 0.1) is 11.7 Å². The molecular weight excluding hydrogens is 286 g/mol. The van der Waals surface area contributed by atoms with Gasteiger partial charge in [-0.3, -0.25) is 4.90 Å². The lowest BCUT2D eigenvalue weighted by molar-refractivity contribution is 0.176. The van der Waals surface area contributed by atoms with E-state index >= 15 is 0 Å². The van der Waals surface area contributed by atoms with Crippen LogP contribution in [0.15, 0.2) is 36.7 Å². The predicted octanol–water partition coefficient (Wildman–Crippen LogP) is 3.80. The van der Waals surface area contributed by atoms with E-state index in [-0.39, 0.29) is 0 Å². The van der Waals surface area contributed by atoms with E-state index in [0.29, 0.717) is 17.4 Å². The smallest absolute Gasteiger partial charge is 0.228 e. The fourth-order valence-electron chi connectivity index (χ4n) is 3.14. The van der Waals surface area contributed by atoms with Gasteiger partial charge in [-0.05, 0) is 43.0 Å². The van der Waals surface area contributed by atoms with Crippen LogP contribution < -0.4 is 5.32 Å². The predicted molar refractivity (Wildman–Crippen MR) is 92.6 cm³/mol. The summed E-state index contributed by atoms with van der Waals surface area (Å²) in [4.78, 5) is 15.7. The van der Waals surface area contributed by atoms with E-state index in [4.69, 9.17) is 4.98 Å². The molecule has 1 N–H and O–H groups in total. The van der Waals surface area contributed by atoms with E-state index in [1.165, 1.54) is 12.8 Å². The van der Waals surface area contributed by atoms with Crippen molar-refractivity contribution in [2.24, 2.45) is 5.41 Å². The zero-order valence-electron chi connectivity index (χ0n) is 14.2. The number of aromatic nitrogens is 3. The van der Waals surface area contributed by atoms with Crippen molar-refractivity contribution in [3.63, 3.8) is 0 Å². The van der Waals surface area contributed by atoms with Gasteiger partial charge in [0, 0.05) is 18.9 Å². The van der Waals surface area contributed by atoms with Crippen molar-refractivity contribution in [2.75, 3.05) is 18.4 Å². The van der Waals surface area contributed by atoms with Crippen LogP contribution in [0, 0.1) is 5.41 Å². The van der Waals surface area contributed by atoms with E-state index in [1.54, 1.807) is 18.5 Å². The second kappa shape index (κ2) is 6.62. The van der Waals surface area contributed by atoms with Crippen molar-refractivity contribution < 1.29 is 0 Å². The first-order chi connectivity index (χ1) is 11.0. The fraction of sp³-hybridized carbons (Fsp3) is 0.500. The van der Waals surface area contributed by atoms with E-state index in [9.17, 15) is 0 Å². The monoisotopic (exact) mass is 311 g/mol. The summed E-state index contributed by atoms with van der Waals surface area (Å²) < 4.78 is 0. The Morgan fingerprint density at radius 2 is 1.96 bits per heavy atom. The summed E-state index contributed by atoms with van der Waals surface area (Å²) in [7, 11) is 0. The molecule has 0 saturated carbocycles. The maximum atomic E-state index is 4.80. The summed E-state index contributed by atoms with van der Waals surface area (Å²) in [6.45, 7) is 9.13. The number of pyridine rings is 1. The molecule has 1 aliphatic heterocycles. The van der Waals surface area contributed by atoms with Crippen molar-refractivity contribution in [3.05, 3.63) is 42.4 Å². The molecule has 3 heterocycles. The normalized spacial score (nSPS) is 19.0. The van der Waals surface area contributed by atoms with Gasteiger partial charge in [0.1, 0.15) is 5.82 Å². The molecule has 0 aromatic carbocycles. The molecule has 0 aliphatic carbocycles. The van der Waals surface area contributed by atoms with Crippen LogP contribution in [0.4, 0.5) is 11.8 Å². The molecule has 5 nitrogen and oxygen atoms in total. The summed E-state index contributed by atoms with van der Waals surface area (Å²) >= 11 is 0. The van der Waals surface area contributed by atoms with E-state index in [2.05, 4.69) is 53.1 Å². The number of rotatable bonds is 4. The van der Waals surface area contributed by atoms with Crippen LogP contribution in [0.25, 0.3) is 0 Å². The molecule has 1 fully saturated rings. The molecule has 0 unspecified atom stereocenters. The third-order valence-corrected chi connectivity index (χ3v) is 3.96. The molecule has 0 spiro atoms. The van der Waals surface area contributed by atoms with Gasteiger partial charge in [-0.2, -0.15) is 0 Å². The lowest BCUT2D eigenvalue weighted by atomic mass is 9.95. The number of hydrogen-bond donors (Lipinski definition) is 1. The minimum absolute atomic E-state index is 0.302. The molecule has 1 saturated heterocycles. The molecule has 0 radical (unpaired) electrons. The number of nitrogens with zero attached hydrogens (tertiary/aromatic N) is 4. The van der Waals surface area contributed by atoms with Crippen LogP contribution >= 0.6 is 0 Å². The Kier molecular flexibility index (Phi) is 4.57. The van der Waals surface area contributed by atoms with E-state index in [1.807, 2.05) is 6.07 Å². The van der Waals surface area contributed by atoms with E-state index < -0.39 is 0 Å². The largest absolute Gasteiger partial charge is 0.309 e. The summed E-state index contributed by atoms with van der Waals surface area (Å²) in [6.07, 6.45) is 5.86. The maximum Gasteiger partial charge on any atom is 0.228 e. The second-order valence-electron chi connectivity index (χ2n) is 7.33. The third kappa shape index (κ3) is 4.26. The standard InChI is InChI=1S/C18H25N5/c1-18(2,3)13-23-12-5-8-15(23)14-7-4-9-16(21-14)22-17-19-10-6-11-20-17/h4,6-7,9-11,15H,5,8,12-13H2,1-3H3,(H,19,20,21,22)/t15-/m0/s1. The van der Waals surface area contributed by atoms with Crippen LogP contribution in [0.5, 0.6) is 0 Å². The lowest BCUT2D eigenvalue weighted by Gasteiger charge is -2.31. The molecule has 5 heteroatoms. The molecule has 2 aromatic rings. The van der Waals surface area contributed by atoms with Crippen LogP contribution in [-0.2, 0) is 0 Å². The Morgan fingerprint density at radius 3 is 2.70 bits per heavy atom. The summed E-state index contributed by atoms with van der Waals surface area (Å²) in [5.41, 5.74) is 1.43. The minimum Gasteiger partial charge on any atom is -0.309 e. The first-order valence-electron chi connectivity index (χ1n) is 8.26. The molecule has 1 atom stereocenters. The van der Waals surface area contributed by atoms with Crippen molar-refractivity contribution in [3.8, 4) is 0 Å². The Bertz CT molecular complexity index is 635. The highest BCUT2D eigenvalue weighted by molar-refractivity contribution is 5.47. The highest BCUT2D eigenvalue weighted by Crippen LogP contribution is 2.33. The fourth-order valence-corrected chi connectivity index (χ4v) is 3.14. The molecule has 2 aromatic heterocycles. The molecule has 122 valence electrons. The Hall–Kier alpha value is -2.01. The van der Waals surface area contributed by atoms with Gasteiger partial charge in [0.15, 0.2) is 0 Å². The van der Waals surface area contributed by atoms with Crippen molar-refractivity contribution in [2.45, 2.75) is 39.7 Å². The number of hydrogen-bond acceptors (Lipinski definition) is 5. The number of nitrogens with one attached hydrogen (secondary N) is 1. The van der Waals surface area contributed by atoms with Gasteiger partial charge < -0.3 is 5.32 Å². The average molecular weight is 311 g/mol. The Labute approximate surface area is 138 Å². The second-order valence-corrected chi connectivity index (χ2v) is 7.33. The van der Waals surface area contributed by atoms with Gasteiger partial charge in [0.25, 0.3) is 0 Å². The summed E-state index contributed by atoms with van der Waals surface area (Å²) in [5, 5.41) is 3.18. The zero-order valence-corrected chi connectivity index (χ0v) is 14.2. The highest BCUT2D eigenvalue weighted by atomic mass is 15.2. The molecule has 0 amide bonds. The minimum atomic E-state index is 0.302. The van der Waals surface area contributed by atoms with Crippen molar-refractivity contribution >= 4 is 11.8 Å². The van der Waals surface area contributed by atoms with Gasteiger partial charge in [0.2, 0.25) is 5.95 Å². The SMILES string of the molecule is CC(C)(C)CN1CCC[C@H]1c1cccc(Nc2ncccn2)n1.